The average Bonchev–Trinajstić information content (AvgIpc) is 2.50. The number of anilines is 1. The molecule has 0 bridgehead atoms. The van der Waals surface area contributed by atoms with Gasteiger partial charge >= 0.3 is 0 Å². The van der Waals surface area contributed by atoms with Crippen LogP contribution >= 0.6 is 15.9 Å². The summed E-state index contributed by atoms with van der Waals surface area (Å²) in [6, 6.07) is 13.6. The highest BCUT2D eigenvalue weighted by atomic mass is 79.9. The van der Waals surface area contributed by atoms with Crippen molar-refractivity contribution in [2.24, 2.45) is 5.73 Å². The molecule has 0 aliphatic heterocycles. The Labute approximate surface area is 136 Å². The van der Waals surface area contributed by atoms with Crippen LogP contribution in [0.3, 0.4) is 0 Å². The van der Waals surface area contributed by atoms with Crippen LogP contribution in [0.2, 0.25) is 0 Å². The highest BCUT2D eigenvalue weighted by Crippen LogP contribution is 2.18. The van der Waals surface area contributed by atoms with Gasteiger partial charge in [-0.1, -0.05) is 15.9 Å². The van der Waals surface area contributed by atoms with E-state index in [2.05, 4.69) is 21.2 Å². The van der Waals surface area contributed by atoms with Gasteiger partial charge in [0.25, 0.3) is 5.91 Å². The lowest BCUT2D eigenvalue weighted by Crippen LogP contribution is -2.30. The summed E-state index contributed by atoms with van der Waals surface area (Å²) in [6.07, 6.45) is -0.656. The third-order valence-electron chi connectivity index (χ3n) is 2.93. The van der Waals surface area contributed by atoms with Gasteiger partial charge in [-0.2, -0.15) is 0 Å². The lowest BCUT2D eigenvalue weighted by atomic mass is 10.2. The first kappa shape index (κ1) is 16.0. The molecule has 1 atom stereocenters. The van der Waals surface area contributed by atoms with E-state index in [1.54, 1.807) is 43.3 Å². The van der Waals surface area contributed by atoms with E-state index in [0.717, 1.165) is 4.47 Å². The number of benzene rings is 2. The molecule has 3 N–H and O–H groups in total. The molecular weight excluding hydrogens is 348 g/mol. The van der Waals surface area contributed by atoms with E-state index < -0.39 is 12.0 Å². The van der Waals surface area contributed by atoms with Crippen LogP contribution in [0.1, 0.15) is 17.3 Å². The third-order valence-corrected chi connectivity index (χ3v) is 3.46. The SMILES string of the molecule is C[C@H](Oc1ccc(Br)cc1)C(=O)Nc1ccc(C(N)=O)cc1. The van der Waals surface area contributed by atoms with Crippen LogP contribution in [0, 0.1) is 0 Å². The average molecular weight is 363 g/mol. The van der Waals surface area contributed by atoms with Crippen molar-refractivity contribution in [2.45, 2.75) is 13.0 Å². The van der Waals surface area contributed by atoms with E-state index in [4.69, 9.17) is 10.5 Å². The number of nitrogens with one attached hydrogen (secondary N) is 1. The van der Waals surface area contributed by atoms with Crippen LogP contribution in [-0.4, -0.2) is 17.9 Å². The lowest BCUT2D eigenvalue weighted by molar-refractivity contribution is -0.122. The monoisotopic (exact) mass is 362 g/mol. The first-order valence-corrected chi connectivity index (χ1v) is 7.38. The number of rotatable bonds is 5. The van der Waals surface area contributed by atoms with E-state index in [1.807, 2.05) is 12.1 Å². The summed E-state index contributed by atoms with van der Waals surface area (Å²) in [5.41, 5.74) is 6.12. The summed E-state index contributed by atoms with van der Waals surface area (Å²) in [5, 5.41) is 2.71. The number of carbonyl (C=O) groups is 2. The Kier molecular flexibility index (Phi) is 5.16. The number of hydrogen-bond acceptors (Lipinski definition) is 3. The predicted octanol–water partition coefficient (Wildman–Crippen LogP) is 2.95. The molecule has 114 valence electrons. The van der Waals surface area contributed by atoms with E-state index >= 15 is 0 Å². The first-order valence-electron chi connectivity index (χ1n) is 6.58. The second-order valence-electron chi connectivity index (χ2n) is 4.64. The minimum Gasteiger partial charge on any atom is -0.481 e. The van der Waals surface area contributed by atoms with Crippen molar-refractivity contribution in [3.05, 3.63) is 58.6 Å². The van der Waals surface area contributed by atoms with Gasteiger partial charge in [0.15, 0.2) is 6.10 Å². The maximum absolute atomic E-state index is 12.1. The smallest absolute Gasteiger partial charge is 0.265 e. The molecule has 0 aliphatic carbocycles. The molecule has 6 heteroatoms. The van der Waals surface area contributed by atoms with Crippen molar-refractivity contribution in [2.75, 3.05) is 5.32 Å². The minimum atomic E-state index is -0.656. The fourth-order valence-electron chi connectivity index (χ4n) is 1.73. The molecule has 2 aromatic carbocycles. The van der Waals surface area contributed by atoms with E-state index in [1.165, 1.54) is 0 Å². The second-order valence-corrected chi connectivity index (χ2v) is 5.56. The van der Waals surface area contributed by atoms with Crippen LogP contribution in [-0.2, 0) is 4.79 Å². The quantitative estimate of drug-likeness (QED) is 0.857. The van der Waals surface area contributed by atoms with Gasteiger partial charge in [-0.05, 0) is 55.5 Å². The molecule has 2 rings (SSSR count). The minimum absolute atomic E-state index is 0.283. The van der Waals surface area contributed by atoms with Crippen molar-refractivity contribution in [3.8, 4) is 5.75 Å². The van der Waals surface area contributed by atoms with Gasteiger partial charge < -0.3 is 15.8 Å². The third kappa shape index (κ3) is 4.33. The van der Waals surface area contributed by atoms with E-state index in [0.29, 0.717) is 17.0 Å². The Morgan fingerprint density at radius 3 is 2.23 bits per heavy atom. The van der Waals surface area contributed by atoms with Crippen LogP contribution in [0.25, 0.3) is 0 Å². The van der Waals surface area contributed by atoms with Crippen LogP contribution in [0.4, 0.5) is 5.69 Å². The number of amides is 2. The molecule has 0 radical (unpaired) electrons. The zero-order chi connectivity index (χ0) is 16.1. The van der Waals surface area contributed by atoms with Gasteiger partial charge in [0.05, 0.1) is 0 Å². The second kappa shape index (κ2) is 7.09. The van der Waals surface area contributed by atoms with E-state index in [9.17, 15) is 9.59 Å². The molecule has 0 aromatic heterocycles. The van der Waals surface area contributed by atoms with Crippen molar-refractivity contribution < 1.29 is 14.3 Å². The summed E-state index contributed by atoms with van der Waals surface area (Å²) in [5.74, 6) is -0.186. The highest BCUT2D eigenvalue weighted by Gasteiger charge is 2.15. The van der Waals surface area contributed by atoms with Gasteiger partial charge in [0.2, 0.25) is 5.91 Å². The Morgan fingerprint density at radius 2 is 1.68 bits per heavy atom. The van der Waals surface area contributed by atoms with Gasteiger partial charge in [-0.3, -0.25) is 9.59 Å². The van der Waals surface area contributed by atoms with Gasteiger partial charge in [-0.15, -0.1) is 0 Å². The van der Waals surface area contributed by atoms with Crippen molar-refractivity contribution in [1.29, 1.82) is 0 Å². The maximum Gasteiger partial charge on any atom is 0.265 e. The molecule has 2 aromatic rings. The summed E-state index contributed by atoms with van der Waals surface area (Å²) < 4.78 is 6.49. The van der Waals surface area contributed by atoms with Gasteiger partial charge in [0.1, 0.15) is 5.75 Å². The van der Waals surface area contributed by atoms with Crippen molar-refractivity contribution in [1.82, 2.24) is 0 Å². The largest absolute Gasteiger partial charge is 0.481 e. The number of nitrogens with two attached hydrogens (primary N) is 1. The molecule has 0 fully saturated rings. The molecule has 22 heavy (non-hydrogen) atoms. The molecule has 0 saturated carbocycles. The maximum atomic E-state index is 12.1. The van der Waals surface area contributed by atoms with Crippen molar-refractivity contribution >= 4 is 33.4 Å². The molecule has 0 aliphatic rings. The fourth-order valence-corrected chi connectivity index (χ4v) is 2.00. The Morgan fingerprint density at radius 1 is 1.09 bits per heavy atom. The van der Waals surface area contributed by atoms with Gasteiger partial charge in [0, 0.05) is 15.7 Å². The number of ether oxygens (including phenoxy) is 1. The Bertz CT molecular complexity index is 669. The molecule has 0 unspecified atom stereocenters. The zero-order valence-electron chi connectivity index (χ0n) is 11.9. The van der Waals surface area contributed by atoms with Crippen LogP contribution in [0.5, 0.6) is 5.75 Å². The molecule has 0 heterocycles. The Balaban J connectivity index is 1.95. The standard InChI is InChI=1S/C16H15BrN2O3/c1-10(22-14-8-4-12(17)5-9-14)16(21)19-13-6-2-11(3-7-13)15(18)20/h2-10H,1H3,(H2,18,20)(H,19,21)/t10-/m0/s1. The molecule has 0 saturated heterocycles. The normalized spacial score (nSPS) is 11.5. The number of carbonyl (C=O) groups excluding carboxylic acids is 2. The molecule has 5 nitrogen and oxygen atoms in total. The summed E-state index contributed by atoms with van der Waals surface area (Å²) in [6.45, 7) is 1.66. The first-order chi connectivity index (χ1) is 10.5. The van der Waals surface area contributed by atoms with Crippen LogP contribution in [0.15, 0.2) is 53.0 Å². The molecular formula is C16H15BrN2O3. The van der Waals surface area contributed by atoms with Crippen molar-refractivity contribution in [3.63, 3.8) is 0 Å². The van der Waals surface area contributed by atoms with Gasteiger partial charge in [-0.25, -0.2) is 0 Å². The van der Waals surface area contributed by atoms with Crippen LogP contribution < -0.4 is 15.8 Å². The van der Waals surface area contributed by atoms with E-state index in [-0.39, 0.29) is 5.91 Å². The number of hydrogen-bond donors (Lipinski definition) is 2. The lowest BCUT2D eigenvalue weighted by Gasteiger charge is -2.15. The number of halogens is 1. The topological polar surface area (TPSA) is 81.4 Å². The molecule has 2 amide bonds. The summed E-state index contributed by atoms with van der Waals surface area (Å²) in [7, 11) is 0. The predicted molar refractivity (Wildman–Crippen MR) is 87.8 cm³/mol. The molecule has 0 spiro atoms. The number of primary amides is 1. The fraction of sp³-hybridized carbons (Fsp3) is 0.125. The zero-order valence-corrected chi connectivity index (χ0v) is 13.5. The summed E-state index contributed by atoms with van der Waals surface area (Å²) >= 11 is 3.33. The highest BCUT2D eigenvalue weighted by molar-refractivity contribution is 9.10. The Hall–Kier alpha value is -2.34. The summed E-state index contributed by atoms with van der Waals surface area (Å²) in [4.78, 5) is 23.0.